The van der Waals surface area contributed by atoms with E-state index in [0.717, 1.165) is 11.1 Å². The number of carbonyl (C=O) groups excluding carboxylic acids is 1. The van der Waals surface area contributed by atoms with E-state index < -0.39 is 0 Å². The van der Waals surface area contributed by atoms with Gasteiger partial charge in [0.2, 0.25) is 0 Å². The third-order valence-corrected chi connectivity index (χ3v) is 2.08. The summed E-state index contributed by atoms with van der Waals surface area (Å²) in [5.41, 5.74) is 7.95. The van der Waals surface area contributed by atoms with Gasteiger partial charge in [0, 0.05) is 6.04 Å². The zero-order valence-electron chi connectivity index (χ0n) is 8.90. The van der Waals surface area contributed by atoms with Crippen molar-refractivity contribution < 1.29 is 9.53 Å². The van der Waals surface area contributed by atoms with Crippen LogP contribution in [0.25, 0.3) is 0 Å². The SMILES string of the molecule is COC(=O)CC(N)c1cccc(C)c1.Cl. The molecular formula is C11H16ClNO2. The lowest BCUT2D eigenvalue weighted by Crippen LogP contribution is -2.16. The predicted octanol–water partition coefficient (Wildman–Crippen LogP) is 1.98. The van der Waals surface area contributed by atoms with Crippen LogP contribution in [0.5, 0.6) is 0 Å². The van der Waals surface area contributed by atoms with Gasteiger partial charge in [0.1, 0.15) is 0 Å². The van der Waals surface area contributed by atoms with Crippen LogP contribution in [0, 0.1) is 6.92 Å². The number of carbonyl (C=O) groups is 1. The van der Waals surface area contributed by atoms with Crippen molar-refractivity contribution in [2.45, 2.75) is 19.4 Å². The number of rotatable bonds is 3. The molecule has 0 saturated heterocycles. The molecule has 0 heterocycles. The Morgan fingerprint density at radius 1 is 1.53 bits per heavy atom. The number of nitrogens with two attached hydrogens (primary N) is 1. The van der Waals surface area contributed by atoms with Crippen LogP contribution >= 0.6 is 12.4 Å². The predicted molar refractivity (Wildman–Crippen MR) is 62.0 cm³/mol. The monoisotopic (exact) mass is 229 g/mol. The van der Waals surface area contributed by atoms with Crippen LogP contribution in [-0.4, -0.2) is 13.1 Å². The molecule has 0 aliphatic carbocycles. The van der Waals surface area contributed by atoms with E-state index >= 15 is 0 Å². The van der Waals surface area contributed by atoms with E-state index in [4.69, 9.17) is 5.73 Å². The van der Waals surface area contributed by atoms with Crippen LogP contribution in [0.15, 0.2) is 24.3 Å². The van der Waals surface area contributed by atoms with Crippen molar-refractivity contribution in [3.05, 3.63) is 35.4 Å². The third kappa shape index (κ3) is 4.32. The maximum absolute atomic E-state index is 11.0. The van der Waals surface area contributed by atoms with Crippen molar-refractivity contribution in [2.24, 2.45) is 5.73 Å². The molecule has 0 spiro atoms. The average Bonchev–Trinajstić information content (AvgIpc) is 2.17. The fraction of sp³-hybridized carbons (Fsp3) is 0.364. The van der Waals surface area contributed by atoms with Gasteiger partial charge in [0.15, 0.2) is 0 Å². The Kier molecular flexibility index (Phi) is 5.97. The normalized spacial score (nSPS) is 11.4. The Labute approximate surface area is 96.0 Å². The quantitative estimate of drug-likeness (QED) is 0.807. The van der Waals surface area contributed by atoms with E-state index in [-0.39, 0.29) is 30.8 Å². The number of hydrogen-bond acceptors (Lipinski definition) is 3. The molecule has 0 aliphatic rings. The summed E-state index contributed by atoms with van der Waals surface area (Å²) < 4.78 is 4.55. The summed E-state index contributed by atoms with van der Waals surface area (Å²) >= 11 is 0. The Morgan fingerprint density at radius 2 is 2.20 bits per heavy atom. The zero-order chi connectivity index (χ0) is 10.6. The van der Waals surface area contributed by atoms with E-state index in [9.17, 15) is 4.79 Å². The second-order valence-corrected chi connectivity index (χ2v) is 3.30. The number of ether oxygens (including phenoxy) is 1. The Balaban J connectivity index is 0.00000196. The van der Waals surface area contributed by atoms with Crippen LogP contribution < -0.4 is 5.73 Å². The third-order valence-electron chi connectivity index (χ3n) is 2.08. The second kappa shape index (κ2) is 6.43. The molecule has 0 aliphatic heterocycles. The minimum atomic E-state index is -0.279. The molecule has 0 amide bonds. The van der Waals surface area contributed by atoms with Gasteiger partial charge in [0.05, 0.1) is 13.5 Å². The molecule has 84 valence electrons. The fourth-order valence-corrected chi connectivity index (χ4v) is 1.28. The van der Waals surface area contributed by atoms with Gasteiger partial charge in [-0.3, -0.25) is 4.79 Å². The molecule has 4 heteroatoms. The standard InChI is InChI=1S/C11H15NO2.ClH/c1-8-4-3-5-9(6-8)10(12)7-11(13)14-2;/h3-6,10H,7,12H2,1-2H3;1H. The first-order valence-corrected chi connectivity index (χ1v) is 4.52. The Bertz CT molecular complexity index is 328. The maximum atomic E-state index is 11.0. The van der Waals surface area contributed by atoms with Crippen molar-refractivity contribution in [3.63, 3.8) is 0 Å². The molecule has 0 aromatic heterocycles. The molecule has 1 atom stereocenters. The largest absolute Gasteiger partial charge is 0.469 e. The van der Waals surface area contributed by atoms with Crippen molar-refractivity contribution in [2.75, 3.05) is 7.11 Å². The van der Waals surface area contributed by atoms with Gasteiger partial charge in [-0.2, -0.15) is 0 Å². The molecule has 3 nitrogen and oxygen atoms in total. The Morgan fingerprint density at radius 3 is 2.73 bits per heavy atom. The van der Waals surface area contributed by atoms with Crippen LogP contribution in [0.3, 0.4) is 0 Å². The summed E-state index contributed by atoms with van der Waals surface area (Å²) in [7, 11) is 1.37. The Hall–Kier alpha value is -1.06. The molecule has 1 aromatic carbocycles. The summed E-state index contributed by atoms with van der Waals surface area (Å²) in [4.78, 5) is 11.0. The fourth-order valence-electron chi connectivity index (χ4n) is 1.28. The summed E-state index contributed by atoms with van der Waals surface area (Å²) in [5, 5.41) is 0. The molecule has 1 unspecified atom stereocenters. The van der Waals surface area contributed by atoms with Gasteiger partial charge in [-0.05, 0) is 12.5 Å². The van der Waals surface area contributed by atoms with Gasteiger partial charge in [-0.1, -0.05) is 29.8 Å². The molecule has 1 aromatic rings. The molecule has 15 heavy (non-hydrogen) atoms. The lowest BCUT2D eigenvalue weighted by molar-refractivity contribution is -0.141. The van der Waals surface area contributed by atoms with Crippen LogP contribution in [0.4, 0.5) is 0 Å². The van der Waals surface area contributed by atoms with E-state index in [2.05, 4.69) is 4.74 Å². The highest BCUT2D eigenvalue weighted by molar-refractivity contribution is 5.85. The highest BCUT2D eigenvalue weighted by Gasteiger charge is 2.11. The molecular weight excluding hydrogens is 214 g/mol. The summed E-state index contributed by atoms with van der Waals surface area (Å²) in [6.45, 7) is 1.99. The smallest absolute Gasteiger partial charge is 0.307 e. The van der Waals surface area contributed by atoms with Gasteiger partial charge in [-0.25, -0.2) is 0 Å². The number of aryl methyl sites for hydroxylation is 1. The first-order chi connectivity index (χ1) is 6.63. The maximum Gasteiger partial charge on any atom is 0.307 e. The molecule has 2 N–H and O–H groups in total. The zero-order valence-corrected chi connectivity index (χ0v) is 9.71. The van der Waals surface area contributed by atoms with Gasteiger partial charge < -0.3 is 10.5 Å². The lowest BCUT2D eigenvalue weighted by atomic mass is 10.0. The minimum absolute atomic E-state index is 0. The average molecular weight is 230 g/mol. The van der Waals surface area contributed by atoms with Crippen LogP contribution in [0.1, 0.15) is 23.6 Å². The summed E-state index contributed by atoms with van der Waals surface area (Å²) in [6.07, 6.45) is 0.222. The van der Waals surface area contributed by atoms with Crippen molar-refractivity contribution >= 4 is 18.4 Å². The molecule has 0 fully saturated rings. The molecule has 0 radical (unpaired) electrons. The van der Waals surface area contributed by atoms with Gasteiger partial charge in [-0.15, -0.1) is 12.4 Å². The molecule has 1 rings (SSSR count). The van der Waals surface area contributed by atoms with Crippen LogP contribution in [-0.2, 0) is 9.53 Å². The van der Waals surface area contributed by atoms with Gasteiger partial charge in [0.25, 0.3) is 0 Å². The van der Waals surface area contributed by atoms with E-state index in [1.54, 1.807) is 0 Å². The van der Waals surface area contributed by atoms with E-state index in [1.165, 1.54) is 7.11 Å². The number of esters is 1. The van der Waals surface area contributed by atoms with Crippen LogP contribution in [0.2, 0.25) is 0 Å². The second-order valence-electron chi connectivity index (χ2n) is 3.30. The molecule has 0 saturated carbocycles. The first kappa shape index (κ1) is 13.9. The van der Waals surface area contributed by atoms with E-state index in [1.807, 2.05) is 31.2 Å². The topological polar surface area (TPSA) is 52.3 Å². The number of halogens is 1. The van der Waals surface area contributed by atoms with Crippen molar-refractivity contribution in [3.8, 4) is 0 Å². The lowest BCUT2D eigenvalue weighted by Gasteiger charge is -2.10. The van der Waals surface area contributed by atoms with E-state index in [0.29, 0.717) is 0 Å². The summed E-state index contributed by atoms with van der Waals surface area (Å²) in [6, 6.07) is 7.55. The highest BCUT2D eigenvalue weighted by Crippen LogP contribution is 2.15. The molecule has 0 bridgehead atoms. The minimum Gasteiger partial charge on any atom is -0.469 e. The van der Waals surface area contributed by atoms with Crippen molar-refractivity contribution in [1.29, 1.82) is 0 Å². The first-order valence-electron chi connectivity index (χ1n) is 4.52. The highest BCUT2D eigenvalue weighted by atomic mass is 35.5. The number of hydrogen-bond donors (Lipinski definition) is 1. The number of benzene rings is 1. The number of methoxy groups -OCH3 is 1. The van der Waals surface area contributed by atoms with Crippen molar-refractivity contribution in [1.82, 2.24) is 0 Å². The summed E-state index contributed by atoms with van der Waals surface area (Å²) in [5.74, 6) is -0.279. The van der Waals surface area contributed by atoms with Gasteiger partial charge >= 0.3 is 5.97 Å².